The van der Waals surface area contributed by atoms with Crippen LogP contribution in [0.2, 0.25) is 0 Å². The van der Waals surface area contributed by atoms with Gasteiger partial charge >= 0.3 is 5.97 Å². The fraction of sp³-hybridized carbons (Fsp3) is 0.312. The molecule has 0 unspecified atom stereocenters. The summed E-state index contributed by atoms with van der Waals surface area (Å²) in [5, 5.41) is 0. The lowest BCUT2D eigenvalue weighted by molar-refractivity contribution is 0.0598. The highest BCUT2D eigenvalue weighted by molar-refractivity contribution is 7.12. The molecule has 1 atom stereocenters. The minimum Gasteiger partial charge on any atom is -0.465 e. The quantitative estimate of drug-likeness (QED) is 0.863. The zero-order chi connectivity index (χ0) is 15.9. The molecule has 1 aliphatic carbocycles. The number of ketones is 1. The number of aromatic nitrogens is 1. The van der Waals surface area contributed by atoms with E-state index in [1.165, 1.54) is 18.1 Å². The molecule has 0 radical (unpaired) electrons. The average molecular weight is 317 g/mol. The summed E-state index contributed by atoms with van der Waals surface area (Å²) in [5.74, 6) is -0.704. The molecule has 3 rings (SSSR count). The molecule has 0 spiro atoms. The summed E-state index contributed by atoms with van der Waals surface area (Å²) < 4.78 is 4.57. The molecule has 2 aromatic heterocycles. The van der Waals surface area contributed by atoms with E-state index in [1.807, 2.05) is 19.1 Å². The third-order valence-corrected chi connectivity index (χ3v) is 5.04. The Morgan fingerprint density at radius 2 is 2.09 bits per heavy atom. The Kier molecular flexibility index (Phi) is 3.70. The van der Waals surface area contributed by atoms with Gasteiger partial charge in [0.2, 0.25) is 0 Å². The lowest BCUT2D eigenvalue weighted by Crippen LogP contribution is -2.27. The van der Waals surface area contributed by atoms with Gasteiger partial charge in [-0.1, -0.05) is 0 Å². The Morgan fingerprint density at radius 3 is 2.73 bits per heavy atom. The van der Waals surface area contributed by atoms with E-state index >= 15 is 0 Å². The maximum atomic E-state index is 12.4. The number of esters is 1. The summed E-state index contributed by atoms with van der Waals surface area (Å²) in [6, 6.07) is 5.42. The van der Waals surface area contributed by atoms with Crippen LogP contribution in [0.4, 0.5) is 0 Å². The van der Waals surface area contributed by atoms with Gasteiger partial charge in [0.1, 0.15) is 5.56 Å². The molecule has 2 aromatic rings. The largest absolute Gasteiger partial charge is 0.465 e. The zero-order valence-corrected chi connectivity index (χ0v) is 13.1. The molecule has 0 amide bonds. The Morgan fingerprint density at radius 1 is 1.32 bits per heavy atom. The number of aromatic amines is 1. The summed E-state index contributed by atoms with van der Waals surface area (Å²) >= 11 is 1.67. The van der Waals surface area contributed by atoms with Crippen molar-refractivity contribution in [3.8, 4) is 0 Å². The van der Waals surface area contributed by atoms with Gasteiger partial charge in [-0.05, 0) is 31.5 Å². The molecule has 1 N–H and O–H groups in total. The highest BCUT2D eigenvalue weighted by atomic mass is 32.1. The predicted molar refractivity (Wildman–Crippen MR) is 82.9 cm³/mol. The second-order valence-corrected chi connectivity index (χ2v) is 6.69. The van der Waals surface area contributed by atoms with Crippen molar-refractivity contribution < 1.29 is 14.3 Å². The van der Waals surface area contributed by atoms with Crippen molar-refractivity contribution in [2.45, 2.75) is 25.7 Å². The molecular formula is C16H15NO4S. The van der Waals surface area contributed by atoms with Crippen LogP contribution in [0.5, 0.6) is 0 Å². The molecule has 0 bridgehead atoms. The standard InChI is InChI=1S/C16H15NO4S/c1-8-3-4-14(22-8)9-5-12-10(13(18)6-9)7-11(15(19)17-12)16(20)21-2/h3-4,7,9H,5-6H2,1-2H3,(H,17,19)/t9-/m0/s1. The van der Waals surface area contributed by atoms with Crippen molar-refractivity contribution in [2.24, 2.45) is 0 Å². The first-order valence-corrected chi connectivity index (χ1v) is 7.75. The number of hydrogen-bond acceptors (Lipinski definition) is 5. The number of carbonyl (C=O) groups is 2. The van der Waals surface area contributed by atoms with Crippen molar-refractivity contribution in [3.63, 3.8) is 0 Å². The number of H-pyrrole nitrogens is 1. The lowest BCUT2D eigenvalue weighted by atomic mass is 9.84. The van der Waals surface area contributed by atoms with Crippen molar-refractivity contribution >= 4 is 23.1 Å². The van der Waals surface area contributed by atoms with Gasteiger partial charge in [-0.25, -0.2) is 4.79 Å². The summed E-state index contributed by atoms with van der Waals surface area (Å²) in [7, 11) is 1.21. The topological polar surface area (TPSA) is 76.2 Å². The number of thiophene rings is 1. The third-order valence-electron chi connectivity index (χ3n) is 3.87. The minimum absolute atomic E-state index is 0.0568. The van der Waals surface area contributed by atoms with Crippen LogP contribution in [-0.4, -0.2) is 23.8 Å². The van der Waals surface area contributed by atoms with Gasteiger partial charge in [0, 0.05) is 33.4 Å². The smallest absolute Gasteiger partial charge is 0.343 e. The number of hydrogen-bond donors (Lipinski definition) is 1. The van der Waals surface area contributed by atoms with E-state index in [1.54, 1.807) is 11.3 Å². The summed E-state index contributed by atoms with van der Waals surface area (Å²) in [4.78, 5) is 40.9. The molecule has 1 aliphatic rings. The maximum absolute atomic E-state index is 12.4. The second kappa shape index (κ2) is 5.53. The summed E-state index contributed by atoms with van der Waals surface area (Å²) in [5.41, 5.74) is 0.385. The number of pyridine rings is 1. The van der Waals surface area contributed by atoms with Gasteiger partial charge in [-0.3, -0.25) is 9.59 Å². The third kappa shape index (κ3) is 2.50. The molecule has 5 nitrogen and oxygen atoms in total. The van der Waals surface area contributed by atoms with Crippen LogP contribution in [0.1, 0.15) is 48.5 Å². The monoisotopic (exact) mass is 317 g/mol. The fourth-order valence-electron chi connectivity index (χ4n) is 2.77. The number of carbonyl (C=O) groups excluding carboxylic acids is 2. The molecule has 0 fully saturated rings. The molecule has 114 valence electrons. The molecular weight excluding hydrogens is 302 g/mol. The average Bonchev–Trinajstić information content (AvgIpc) is 2.92. The molecule has 0 aliphatic heterocycles. The first-order valence-electron chi connectivity index (χ1n) is 6.93. The van der Waals surface area contributed by atoms with E-state index in [0.29, 0.717) is 24.1 Å². The van der Waals surface area contributed by atoms with Gasteiger partial charge in [0.15, 0.2) is 5.78 Å². The predicted octanol–water partition coefficient (Wildman–Crippen LogP) is 2.44. The molecule has 6 heteroatoms. The second-order valence-electron chi connectivity index (χ2n) is 5.37. The number of aryl methyl sites for hydroxylation is 1. The first-order chi connectivity index (χ1) is 10.5. The first kappa shape index (κ1) is 14.7. The number of rotatable bonds is 2. The number of fused-ring (bicyclic) bond motifs is 1. The fourth-order valence-corrected chi connectivity index (χ4v) is 3.74. The minimum atomic E-state index is -0.729. The van der Waals surface area contributed by atoms with Gasteiger partial charge in [0.05, 0.1) is 7.11 Å². The molecule has 0 saturated heterocycles. The highest BCUT2D eigenvalue weighted by Crippen LogP contribution is 2.35. The van der Waals surface area contributed by atoms with E-state index in [2.05, 4.69) is 9.72 Å². The number of Topliss-reactive ketones (excluding diaryl/α,β-unsaturated/α-hetero) is 1. The van der Waals surface area contributed by atoms with Crippen molar-refractivity contribution in [3.05, 3.63) is 55.1 Å². The number of nitrogens with one attached hydrogen (secondary N) is 1. The van der Waals surface area contributed by atoms with Crippen molar-refractivity contribution in [1.29, 1.82) is 0 Å². The maximum Gasteiger partial charge on any atom is 0.343 e. The number of methoxy groups -OCH3 is 1. The molecule has 0 aromatic carbocycles. The van der Waals surface area contributed by atoms with Crippen LogP contribution in [0.15, 0.2) is 23.0 Å². The molecule has 22 heavy (non-hydrogen) atoms. The van der Waals surface area contributed by atoms with Crippen LogP contribution in [0, 0.1) is 6.92 Å². The van der Waals surface area contributed by atoms with Crippen LogP contribution >= 0.6 is 11.3 Å². The van der Waals surface area contributed by atoms with E-state index in [-0.39, 0.29) is 17.3 Å². The lowest BCUT2D eigenvalue weighted by Gasteiger charge is -2.22. The van der Waals surface area contributed by atoms with E-state index in [0.717, 1.165) is 4.88 Å². The normalized spacial score (nSPS) is 17.2. The SMILES string of the molecule is COC(=O)c1cc2c([nH]c1=O)C[C@H](c1ccc(C)s1)CC2=O. The Hall–Kier alpha value is -2.21. The van der Waals surface area contributed by atoms with Crippen molar-refractivity contribution in [1.82, 2.24) is 4.98 Å². The Bertz CT molecular complexity index is 818. The highest BCUT2D eigenvalue weighted by Gasteiger charge is 2.29. The molecule has 0 saturated carbocycles. The van der Waals surface area contributed by atoms with Gasteiger partial charge in [-0.2, -0.15) is 0 Å². The Balaban J connectivity index is 2.01. The van der Waals surface area contributed by atoms with Gasteiger partial charge in [-0.15, -0.1) is 11.3 Å². The van der Waals surface area contributed by atoms with E-state index in [4.69, 9.17) is 0 Å². The summed E-state index contributed by atoms with van der Waals surface area (Å²) in [6.45, 7) is 2.03. The zero-order valence-electron chi connectivity index (χ0n) is 12.3. The summed E-state index contributed by atoms with van der Waals surface area (Å²) in [6.07, 6.45) is 0.983. The van der Waals surface area contributed by atoms with Crippen LogP contribution in [0.3, 0.4) is 0 Å². The van der Waals surface area contributed by atoms with Crippen LogP contribution < -0.4 is 5.56 Å². The van der Waals surface area contributed by atoms with Crippen LogP contribution in [-0.2, 0) is 11.2 Å². The van der Waals surface area contributed by atoms with Crippen LogP contribution in [0.25, 0.3) is 0 Å². The van der Waals surface area contributed by atoms with E-state index in [9.17, 15) is 14.4 Å². The van der Waals surface area contributed by atoms with E-state index < -0.39 is 11.5 Å². The van der Waals surface area contributed by atoms with Crippen molar-refractivity contribution in [2.75, 3.05) is 7.11 Å². The Labute approximate surface area is 130 Å². The van der Waals surface area contributed by atoms with Gasteiger partial charge < -0.3 is 9.72 Å². The number of ether oxygens (including phenoxy) is 1. The molecule has 2 heterocycles. The van der Waals surface area contributed by atoms with Gasteiger partial charge in [0.25, 0.3) is 5.56 Å².